The Morgan fingerprint density at radius 1 is 1.19 bits per heavy atom. The number of aryl methyl sites for hydroxylation is 1. The summed E-state index contributed by atoms with van der Waals surface area (Å²) in [6.45, 7) is 6.92. The molecule has 0 unspecified atom stereocenters. The molecule has 0 fully saturated rings. The standard InChI is InChI=1S/C17H24N2OS/c1-3-10-18-12-15-13-21-17(19-15)9-11-20-16-7-5-14(4-2)6-8-16/h5-8,13,18H,3-4,9-12H2,1-2H3. The highest BCUT2D eigenvalue weighted by molar-refractivity contribution is 7.09. The Bertz CT molecular complexity index is 522. The summed E-state index contributed by atoms with van der Waals surface area (Å²) in [5, 5.41) is 6.65. The number of aromatic nitrogens is 1. The van der Waals surface area contributed by atoms with Gasteiger partial charge >= 0.3 is 0 Å². The van der Waals surface area contributed by atoms with E-state index in [4.69, 9.17) is 4.74 Å². The van der Waals surface area contributed by atoms with Gasteiger partial charge in [-0.05, 0) is 37.1 Å². The van der Waals surface area contributed by atoms with Crippen LogP contribution in [0.1, 0.15) is 36.5 Å². The van der Waals surface area contributed by atoms with Gasteiger partial charge in [-0.3, -0.25) is 0 Å². The fraction of sp³-hybridized carbons (Fsp3) is 0.471. The smallest absolute Gasteiger partial charge is 0.119 e. The van der Waals surface area contributed by atoms with Crippen LogP contribution in [0, 0.1) is 0 Å². The Balaban J connectivity index is 1.72. The van der Waals surface area contributed by atoms with E-state index in [2.05, 4.69) is 41.7 Å². The van der Waals surface area contributed by atoms with Crippen molar-refractivity contribution in [1.82, 2.24) is 10.3 Å². The number of hydrogen-bond acceptors (Lipinski definition) is 4. The van der Waals surface area contributed by atoms with Crippen LogP contribution in [0.2, 0.25) is 0 Å². The summed E-state index contributed by atoms with van der Waals surface area (Å²) in [5.74, 6) is 0.939. The van der Waals surface area contributed by atoms with E-state index in [0.29, 0.717) is 6.61 Å². The SMILES string of the molecule is CCCNCc1csc(CCOc2ccc(CC)cc2)n1. The van der Waals surface area contributed by atoms with Crippen LogP contribution < -0.4 is 10.1 Å². The van der Waals surface area contributed by atoms with Gasteiger partial charge in [0.25, 0.3) is 0 Å². The highest BCUT2D eigenvalue weighted by Crippen LogP contribution is 2.14. The zero-order valence-corrected chi connectivity index (χ0v) is 13.7. The molecule has 0 aliphatic carbocycles. The van der Waals surface area contributed by atoms with Crippen LogP contribution in [0.5, 0.6) is 5.75 Å². The molecule has 0 spiro atoms. The van der Waals surface area contributed by atoms with Crippen molar-refractivity contribution in [3.8, 4) is 5.75 Å². The molecule has 0 aliphatic rings. The summed E-state index contributed by atoms with van der Waals surface area (Å²) in [5.41, 5.74) is 2.47. The van der Waals surface area contributed by atoms with Crippen molar-refractivity contribution in [1.29, 1.82) is 0 Å². The second-order valence-corrected chi connectivity index (χ2v) is 5.95. The van der Waals surface area contributed by atoms with E-state index < -0.39 is 0 Å². The summed E-state index contributed by atoms with van der Waals surface area (Å²) in [6.07, 6.45) is 3.09. The average Bonchev–Trinajstić information content (AvgIpc) is 2.96. The third kappa shape index (κ3) is 5.48. The van der Waals surface area contributed by atoms with Crippen LogP contribution >= 0.6 is 11.3 Å². The third-order valence-electron chi connectivity index (χ3n) is 3.25. The molecule has 0 atom stereocenters. The summed E-state index contributed by atoms with van der Waals surface area (Å²) in [7, 11) is 0. The first kappa shape index (κ1) is 16.0. The van der Waals surface area contributed by atoms with Gasteiger partial charge in [0.2, 0.25) is 0 Å². The Hall–Kier alpha value is -1.39. The lowest BCUT2D eigenvalue weighted by molar-refractivity contribution is 0.321. The van der Waals surface area contributed by atoms with E-state index in [-0.39, 0.29) is 0 Å². The predicted octanol–water partition coefficient (Wildman–Crippen LogP) is 3.83. The molecule has 0 radical (unpaired) electrons. The van der Waals surface area contributed by atoms with Crippen LogP contribution in [0.25, 0.3) is 0 Å². The van der Waals surface area contributed by atoms with Crippen molar-refractivity contribution in [3.05, 3.63) is 45.9 Å². The molecule has 2 aromatic rings. The van der Waals surface area contributed by atoms with E-state index >= 15 is 0 Å². The molecule has 0 bridgehead atoms. The van der Waals surface area contributed by atoms with Crippen molar-refractivity contribution in [2.24, 2.45) is 0 Å². The maximum Gasteiger partial charge on any atom is 0.119 e. The van der Waals surface area contributed by atoms with Crippen molar-refractivity contribution in [2.75, 3.05) is 13.2 Å². The number of nitrogens with zero attached hydrogens (tertiary/aromatic N) is 1. The van der Waals surface area contributed by atoms with Gasteiger partial charge in [-0.2, -0.15) is 0 Å². The lowest BCUT2D eigenvalue weighted by atomic mass is 10.2. The minimum Gasteiger partial charge on any atom is -0.493 e. The fourth-order valence-electron chi connectivity index (χ4n) is 2.02. The first-order valence-corrected chi connectivity index (χ1v) is 8.55. The fourth-order valence-corrected chi connectivity index (χ4v) is 2.80. The molecular formula is C17H24N2OS. The van der Waals surface area contributed by atoms with Gasteiger partial charge in [-0.25, -0.2) is 4.98 Å². The van der Waals surface area contributed by atoms with Crippen LogP contribution in [0.3, 0.4) is 0 Å². The number of ether oxygens (including phenoxy) is 1. The molecule has 1 heterocycles. The molecule has 0 saturated carbocycles. The molecule has 0 saturated heterocycles. The largest absolute Gasteiger partial charge is 0.493 e. The highest BCUT2D eigenvalue weighted by Gasteiger charge is 2.02. The van der Waals surface area contributed by atoms with E-state index in [1.165, 1.54) is 5.56 Å². The number of benzene rings is 1. The monoisotopic (exact) mass is 304 g/mol. The summed E-state index contributed by atoms with van der Waals surface area (Å²) in [6, 6.07) is 8.33. The van der Waals surface area contributed by atoms with Gasteiger partial charge in [-0.1, -0.05) is 26.0 Å². The molecular weight excluding hydrogens is 280 g/mol. The van der Waals surface area contributed by atoms with E-state index in [1.54, 1.807) is 11.3 Å². The highest BCUT2D eigenvalue weighted by atomic mass is 32.1. The van der Waals surface area contributed by atoms with Crippen molar-refractivity contribution < 1.29 is 4.74 Å². The Labute approximate surface area is 131 Å². The van der Waals surface area contributed by atoms with Gasteiger partial charge in [-0.15, -0.1) is 11.3 Å². The molecule has 1 aromatic carbocycles. The Morgan fingerprint density at radius 3 is 2.71 bits per heavy atom. The second-order valence-electron chi connectivity index (χ2n) is 5.01. The molecule has 21 heavy (non-hydrogen) atoms. The van der Waals surface area contributed by atoms with Crippen LogP contribution in [-0.2, 0) is 19.4 Å². The number of hydrogen-bond donors (Lipinski definition) is 1. The minimum atomic E-state index is 0.681. The Kier molecular flexibility index (Phi) is 6.70. The molecule has 114 valence electrons. The Morgan fingerprint density at radius 2 is 2.00 bits per heavy atom. The van der Waals surface area contributed by atoms with Gasteiger partial charge in [0, 0.05) is 18.3 Å². The number of nitrogens with one attached hydrogen (secondary N) is 1. The molecule has 4 heteroatoms. The van der Waals surface area contributed by atoms with Crippen molar-refractivity contribution in [2.45, 2.75) is 39.7 Å². The lowest BCUT2D eigenvalue weighted by Gasteiger charge is -2.05. The maximum absolute atomic E-state index is 5.77. The molecule has 0 amide bonds. The first-order chi connectivity index (χ1) is 10.3. The van der Waals surface area contributed by atoms with Crippen molar-refractivity contribution in [3.63, 3.8) is 0 Å². The molecule has 3 nitrogen and oxygen atoms in total. The minimum absolute atomic E-state index is 0.681. The van der Waals surface area contributed by atoms with Gasteiger partial charge in [0.05, 0.1) is 17.3 Å². The van der Waals surface area contributed by atoms with Crippen LogP contribution in [0.15, 0.2) is 29.6 Å². The van der Waals surface area contributed by atoms with Crippen LogP contribution in [-0.4, -0.2) is 18.1 Å². The summed E-state index contributed by atoms with van der Waals surface area (Å²) < 4.78 is 5.77. The zero-order valence-electron chi connectivity index (χ0n) is 12.9. The number of rotatable bonds is 9. The summed E-state index contributed by atoms with van der Waals surface area (Å²) in [4.78, 5) is 4.62. The maximum atomic E-state index is 5.77. The summed E-state index contributed by atoms with van der Waals surface area (Å²) >= 11 is 1.72. The topological polar surface area (TPSA) is 34.1 Å². The quantitative estimate of drug-likeness (QED) is 0.715. The molecule has 0 aliphatic heterocycles. The molecule has 1 N–H and O–H groups in total. The third-order valence-corrected chi connectivity index (χ3v) is 4.21. The van der Waals surface area contributed by atoms with Gasteiger partial charge in [0.15, 0.2) is 0 Å². The van der Waals surface area contributed by atoms with E-state index in [9.17, 15) is 0 Å². The van der Waals surface area contributed by atoms with Crippen LogP contribution in [0.4, 0.5) is 0 Å². The first-order valence-electron chi connectivity index (χ1n) is 7.67. The molecule has 1 aromatic heterocycles. The lowest BCUT2D eigenvalue weighted by Crippen LogP contribution is -2.14. The van der Waals surface area contributed by atoms with Crippen molar-refractivity contribution >= 4 is 11.3 Å². The predicted molar refractivity (Wildman–Crippen MR) is 89.1 cm³/mol. The normalized spacial score (nSPS) is 10.8. The zero-order chi connectivity index (χ0) is 14.9. The average molecular weight is 304 g/mol. The van der Waals surface area contributed by atoms with Gasteiger partial charge < -0.3 is 10.1 Å². The second kappa shape index (κ2) is 8.80. The number of thiazole rings is 1. The van der Waals surface area contributed by atoms with Gasteiger partial charge in [0.1, 0.15) is 5.75 Å². The molecule has 2 rings (SSSR count). The van der Waals surface area contributed by atoms with E-state index in [1.807, 2.05) is 12.1 Å². The van der Waals surface area contributed by atoms with E-state index in [0.717, 1.165) is 48.8 Å².